The van der Waals surface area contributed by atoms with Crippen molar-refractivity contribution in [1.82, 2.24) is 5.43 Å². The molecule has 0 fully saturated rings. The van der Waals surface area contributed by atoms with Crippen LogP contribution in [0.5, 0.6) is 11.5 Å². The Hall–Kier alpha value is -3.64. The molecule has 0 unspecified atom stereocenters. The number of hydrogen-bond acceptors (Lipinski definition) is 6. The molecule has 1 N–H and O–H groups in total. The van der Waals surface area contributed by atoms with Crippen LogP contribution in [0.4, 0.5) is 18.9 Å². The largest absolute Gasteiger partial charge is 0.493 e. The quantitative estimate of drug-likeness (QED) is 0.176. The van der Waals surface area contributed by atoms with Crippen molar-refractivity contribution >= 4 is 45.3 Å². The smallest absolute Gasteiger partial charge is 0.416 e. The third kappa shape index (κ3) is 7.67. The molecule has 8 nitrogen and oxygen atoms in total. The van der Waals surface area contributed by atoms with Gasteiger partial charge in [0, 0.05) is 16.7 Å². The summed E-state index contributed by atoms with van der Waals surface area (Å²) in [4.78, 5) is 22.4. The second-order valence-corrected chi connectivity index (χ2v) is 8.81. The molecule has 0 bridgehead atoms. The molecule has 0 heterocycles. The molecule has 0 radical (unpaired) electrons. The predicted molar refractivity (Wildman–Crippen MR) is 134 cm³/mol. The van der Waals surface area contributed by atoms with E-state index in [0.717, 1.165) is 11.6 Å². The Kier molecular flexibility index (Phi) is 9.11. The topological polar surface area (TPSA) is 103 Å². The summed E-state index contributed by atoms with van der Waals surface area (Å²) in [7, 11) is 1.45. The van der Waals surface area contributed by atoms with E-state index in [1.54, 1.807) is 24.3 Å². The Bertz CT molecular complexity index is 1330. The summed E-state index contributed by atoms with van der Waals surface area (Å²) in [5.41, 5.74) is 1.44. The summed E-state index contributed by atoms with van der Waals surface area (Å²) >= 11 is 9.30. The minimum Gasteiger partial charge on any atom is -0.493 e. The van der Waals surface area contributed by atoms with E-state index in [1.807, 2.05) is 12.1 Å². The van der Waals surface area contributed by atoms with Crippen LogP contribution in [-0.2, 0) is 24.0 Å². The van der Waals surface area contributed by atoms with Crippen LogP contribution in [-0.4, -0.2) is 24.2 Å². The Labute approximate surface area is 222 Å². The summed E-state index contributed by atoms with van der Waals surface area (Å²) in [5, 5.41) is 15.6. The SMILES string of the molecule is COc1cc(/C=N\NC(=O)Cc2ccc(C(F)(F)F)cc2[N+](=O)[O-])cc(Br)c1OCc1ccc(Cl)cc1. The van der Waals surface area contributed by atoms with Gasteiger partial charge in [0.05, 0.1) is 34.7 Å². The monoisotopic (exact) mass is 599 g/mol. The average Bonchev–Trinajstić information content (AvgIpc) is 2.83. The van der Waals surface area contributed by atoms with E-state index in [2.05, 4.69) is 26.5 Å². The molecule has 13 heteroatoms. The van der Waals surface area contributed by atoms with Gasteiger partial charge in [-0.05, 0) is 57.4 Å². The van der Waals surface area contributed by atoms with E-state index in [1.165, 1.54) is 13.3 Å². The van der Waals surface area contributed by atoms with E-state index in [0.29, 0.717) is 38.7 Å². The van der Waals surface area contributed by atoms with Gasteiger partial charge < -0.3 is 9.47 Å². The van der Waals surface area contributed by atoms with Gasteiger partial charge >= 0.3 is 6.18 Å². The number of benzene rings is 3. The molecule has 3 aromatic carbocycles. The fourth-order valence-electron chi connectivity index (χ4n) is 3.14. The van der Waals surface area contributed by atoms with Crippen LogP contribution in [0.25, 0.3) is 0 Å². The number of hydrazone groups is 1. The average molecular weight is 601 g/mol. The highest BCUT2D eigenvalue weighted by atomic mass is 79.9. The molecule has 3 rings (SSSR count). The fraction of sp³-hybridized carbons (Fsp3) is 0.167. The lowest BCUT2D eigenvalue weighted by molar-refractivity contribution is -0.385. The molecule has 0 saturated heterocycles. The van der Waals surface area contributed by atoms with Gasteiger partial charge in [-0.3, -0.25) is 14.9 Å². The highest BCUT2D eigenvalue weighted by Crippen LogP contribution is 2.37. The summed E-state index contributed by atoms with van der Waals surface area (Å²) < 4.78 is 50.3. The van der Waals surface area contributed by atoms with Crippen LogP contribution in [0.2, 0.25) is 5.02 Å². The number of nitro groups is 1. The van der Waals surface area contributed by atoms with Gasteiger partial charge in [-0.2, -0.15) is 18.3 Å². The first-order chi connectivity index (χ1) is 17.5. The van der Waals surface area contributed by atoms with Crippen LogP contribution in [0.3, 0.4) is 0 Å². The van der Waals surface area contributed by atoms with Gasteiger partial charge in [-0.25, -0.2) is 5.43 Å². The zero-order valence-electron chi connectivity index (χ0n) is 19.0. The Morgan fingerprint density at radius 1 is 1.19 bits per heavy atom. The summed E-state index contributed by atoms with van der Waals surface area (Å²) in [6.45, 7) is 0.256. The van der Waals surface area contributed by atoms with Crippen molar-refractivity contribution in [2.75, 3.05) is 7.11 Å². The van der Waals surface area contributed by atoms with Crippen LogP contribution in [0, 0.1) is 10.1 Å². The number of nitro benzene ring substituents is 1. The minimum absolute atomic E-state index is 0.183. The van der Waals surface area contributed by atoms with Crippen molar-refractivity contribution in [3.63, 3.8) is 0 Å². The van der Waals surface area contributed by atoms with E-state index in [4.69, 9.17) is 21.1 Å². The second-order valence-electron chi connectivity index (χ2n) is 7.52. The Morgan fingerprint density at radius 3 is 2.51 bits per heavy atom. The zero-order valence-corrected chi connectivity index (χ0v) is 21.4. The number of carbonyl (C=O) groups is 1. The van der Waals surface area contributed by atoms with E-state index < -0.39 is 34.7 Å². The molecular formula is C24H18BrClF3N3O5. The maximum Gasteiger partial charge on any atom is 0.416 e. The molecule has 3 aromatic rings. The first-order valence-corrected chi connectivity index (χ1v) is 11.6. The maximum absolute atomic E-state index is 12.8. The van der Waals surface area contributed by atoms with Crippen molar-refractivity contribution in [2.45, 2.75) is 19.2 Å². The second kappa shape index (κ2) is 12.1. The number of carbonyl (C=O) groups excluding carboxylic acids is 1. The Balaban J connectivity index is 1.67. The number of nitrogens with one attached hydrogen (secondary N) is 1. The lowest BCUT2D eigenvalue weighted by Crippen LogP contribution is -2.20. The molecule has 37 heavy (non-hydrogen) atoms. The third-order valence-corrected chi connectivity index (χ3v) is 5.75. The van der Waals surface area contributed by atoms with E-state index in [-0.39, 0.29) is 12.2 Å². The van der Waals surface area contributed by atoms with Gasteiger partial charge in [-0.15, -0.1) is 0 Å². The standard InChI is InChI=1S/C24H18BrClF3N3O5/c1-36-21-9-15(8-19(25)23(21)37-13-14-2-6-18(26)7-3-14)12-30-31-22(33)10-16-4-5-17(24(27,28)29)11-20(16)32(34)35/h2-9,11-12H,10,13H2,1H3,(H,31,33)/b30-12-. The number of nitrogens with zero attached hydrogens (tertiary/aromatic N) is 2. The molecule has 1 amide bonds. The fourth-order valence-corrected chi connectivity index (χ4v) is 3.84. The van der Waals surface area contributed by atoms with Gasteiger partial charge in [0.2, 0.25) is 5.91 Å². The van der Waals surface area contributed by atoms with Crippen molar-refractivity contribution in [3.8, 4) is 11.5 Å². The number of amides is 1. The van der Waals surface area contributed by atoms with Crippen LogP contribution >= 0.6 is 27.5 Å². The number of alkyl halides is 3. The van der Waals surface area contributed by atoms with Gasteiger partial charge in [0.25, 0.3) is 5.69 Å². The molecule has 0 aliphatic carbocycles. The molecule has 0 aliphatic heterocycles. The van der Waals surface area contributed by atoms with Crippen LogP contribution in [0.15, 0.2) is 64.2 Å². The normalized spacial score (nSPS) is 11.4. The maximum atomic E-state index is 12.8. The third-order valence-electron chi connectivity index (χ3n) is 4.91. The summed E-state index contributed by atoms with van der Waals surface area (Å²) in [6.07, 6.45) is -3.99. The van der Waals surface area contributed by atoms with Crippen LogP contribution in [0.1, 0.15) is 22.3 Å². The number of rotatable bonds is 9. The highest BCUT2D eigenvalue weighted by molar-refractivity contribution is 9.10. The van der Waals surface area contributed by atoms with Crippen LogP contribution < -0.4 is 14.9 Å². The van der Waals surface area contributed by atoms with Gasteiger partial charge in [0.15, 0.2) is 11.5 Å². The molecule has 0 aromatic heterocycles. The minimum atomic E-state index is -4.75. The molecule has 0 atom stereocenters. The first-order valence-electron chi connectivity index (χ1n) is 10.4. The van der Waals surface area contributed by atoms with Crippen molar-refractivity contribution in [1.29, 1.82) is 0 Å². The summed E-state index contributed by atoms with van der Waals surface area (Å²) in [6, 6.07) is 12.4. The first kappa shape index (κ1) is 27.9. The Morgan fingerprint density at radius 2 is 1.89 bits per heavy atom. The number of hydrogen-bond donors (Lipinski definition) is 1. The molecule has 0 spiro atoms. The summed E-state index contributed by atoms with van der Waals surface area (Å²) in [5.74, 6) is 0.0674. The van der Waals surface area contributed by atoms with Crippen molar-refractivity contribution in [3.05, 3.63) is 96.5 Å². The number of ether oxygens (including phenoxy) is 2. The molecule has 0 saturated carbocycles. The molecular weight excluding hydrogens is 583 g/mol. The molecule has 194 valence electrons. The predicted octanol–water partition coefficient (Wildman–Crippen LogP) is 6.31. The lowest BCUT2D eigenvalue weighted by atomic mass is 10.1. The van der Waals surface area contributed by atoms with Gasteiger partial charge in [-0.1, -0.05) is 29.8 Å². The lowest BCUT2D eigenvalue weighted by Gasteiger charge is -2.13. The zero-order chi connectivity index (χ0) is 27.2. The highest BCUT2D eigenvalue weighted by Gasteiger charge is 2.33. The van der Waals surface area contributed by atoms with E-state index >= 15 is 0 Å². The number of halogens is 5. The van der Waals surface area contributed by atoms with Gasteiger partial charge in [0.1, 0.15) is 6.61 Å². The molecule has 0 aliphatic rings. The van der Waals surface area contributed by atoms with E-state index in [9.17, 15) is 28.1 Å². The number of methoxy groups -OCH3 is 1. The van der Waals surface area contributed by atoms with Crippen molar-refractivity contribution in [2.24, 2.45) is 5.10 Å². The van der Waals surface area contributed by atoms with Crippen molar-refractivity contribution < 1.29 is 32.4 Å².